The molecule has 0 unspecified atom stereocenters. The lowest BCUT2D eigenvalue weighted by atomic mass is 10.3. The van der Waals surface area contributed by atoms with E-state index in [2.05, 4.69) is 5.32 Å². The van der Waals surface area contributed by atoms with E-state index in [0.717, 1.165) is 5.75 Å². The standard InChI is InChI=1S/C20H18N2O6/c1-2-26-16-7-9-17(10-8-16)27-13-18-11-12-19(28-18)20(23)21-14-3-5-15(6-4-14)22(24)25/h3-12H,2,13H2,1H3,(H,21,23). The van der Waals surface area contributed by atoms with E-state index in [1.807, 2.05) is 19.1 Å². The van der Waals surface area contributed by atoms with Gasteiger partial charge in [0, 0.05) is 17.8 Å². The van der Waals surface area contributed by atoms with Crippen LogP contribution in [0.15, 0.2) is 65.1 Å². The minimum absolute atomic E-state index is 0.0512. The Labute approximate surface area is 160 Å². The SMILES string of the molecule is CCOc1ccc(OCc2ccc(C(=O)Nc3ccc([N+](=O)[O-])cc3)o2)cc1. The van der Waals surface area contributed by atoms with Gasteiger partial charge in [-0.05, 0) is 55.5 Å². The summed E-state index contributed by atoms with van der Waals surface area (Å²) in [6.45, 7) is 2.67. The fraction of sp³-hybridized carbons (Fsp3) is 0.150. The van der Waals surface area contributed by atoms with E-state index in [4.69, 9.17) is 13.9 Å². The van der Waals surface area contributed by atoms with E-state index >= 15 is 0 Å². The summed E-state index contributed by atoms with van der Waals surface area (Å²) < 4.78 is 16.5. The Morgan fingerprint density at radius 2 is 1.64 bits per heavy atom. The highest BCUT2D eigenvalue weighted by molar-refractivity contribution is 6.02. The van der Waals surface area contributed by atoms with Crippen LogP contribution in [0.4, 0.5) is 11.4 Å². The van der Waals surface area contributed by atoms with Crippen molar-refractivity contribution in [3.05, 3.63) is 82.3 Å². The molecular weight excluding hydrogens is 364 g/mol. The van der Waals surface area contributed by atoms with Crippen molar-refractivity contribution in [1.82, 2.24) is 0 Å². The smallest absolute Gasteiger partial charge is 0.291 e. The Bertz CT molecular complexity index is 948. The molecule has 0 saturated heterocycles. The van der Waals surface area contributed by atoms with E-state index in [-0.39, 0.29) is 18.1 Å². The fourth-order valence-corrected chi connectivity index (χ4v) is 2.39. The molecule has 0 bridgehead atoms. The number of non-ortho nitro benzene ring substituents is 1. The van der Waals surface area contributed by atoms with E-state index in [0.29, 0.717) is 23.8 Å². The number of carbonyl (C=O) groups excluding carboxylic acids is 1. The van der Waals surface area contributed by atoms with E-state index in [1.165, 1.54) is 30.3 Å². The van der Waals surface area contributed by atoms with Gasteiger partial charge in [0.25, 0.3) is 11.6 Å². The lowest BCUT2D eigenvalue weighted by Crippen LogP contribution is -2.10. The summed E-state index contributed by atoms with van der Waals surface area (Å²) in [7, 11) is 0. The highest BCUT2D eigenvalue weighted by Crippen LogP contribution is 2.20. The van der Waals surface area contributed by atoms with Gasteiger partial charge in [-0.1, -0.05) is 0 Å². The molecule has 3 aromatic rings. The third-order valence-electron chi connectivity index (χ3n) is 3.74. The van der Waals surface area contributed by atoms with Gasteiger partial charge in [0.15, 0.2) is 5.76 Å². The van der Waals surface area contributed by atoms with Crippen molar-refractivity contribution < 1.29 is 23.6 Å². The van der Waals surface area contributed by atoms with Crippen LogP contribution in [0.3, 0.4) is 0 Å². The third-order valence-corrected chi connectivity index (χ3v) is 3.74. The Hall–Kier alpha value is -3.81. The van der Waals surface area contributed by atoms with Crippen molar-refractivity contribution in [1.29, 1.82) is 0 Å². The average molecular weight is 382 g/mol. The average Bonchev–Trinajstić information content (AvgIpc) is 3.17. The first-order valence-electron chi connectivity index (χ1n) is 8.55. The molecule has 0 radical (unpaired) electrons. The lowest BCUT2D eigenvalue weighted by molar-refractivity contribution is -0.384. The zero-order valence-electron chi connectivity index (χ0n) is 15.1. The van der Waals surface area contributed by atoms with Gasteiger partial charge in [0.05, 0.1) is 11.5 Å². The molecule has 3 rings (SSSR count). The molecule has 0 aliphatic heterocycles. The summed E-state index contributed by atoms with van der Waals surface area (Å²) in [5.74, 6) is 1.56. The molecule has 0 spiro atoms. The van der Waals surface area contributed by atoms with Crippen LogP contribution in [0.2, 0.25) is 0 Å². The molecule has 1 amide bonds. The first kappa shape index (κ1) is 19.0. The number of ether oxygens (including phenoxy) is 2. The first-order chi connectivity index (χ1) is 13.5. The number of nitrogens with zero attached hydrogens (tertiary/aromatic N) is 1. The molecule has 0 saturated carbocycles. The number of carbonyl (C=O) groups is 1. The van der Waals surface area contributed by atoms with Crippen molar-refractivity contribution in [2.24, 2.45) is 0 Å². The second-order valence-corrected chi connectivity index (χ2v) is 5.72. The second-order valence-electron chi connectivity index (χ2n) is 5.72. The number of furan rings is 1. The summed E-state index contributed by atoms with van der Waals surface area (Å²) in [5, 5.41) is 13.3. The maximum absolute atomic E-state index is 12.2. The zero-order chi connectivity index (χ0) is 19.9. The minimum atomic E-state index is -0.505. The van der Waals surface area contributed by atoms with Gasteiger partial charge >= 0.3 is 0 Å². The number of hydrogen-bond donors (Lipinski definition) is 1. The number of hydrogen-bond acceptors (Lipinski definition) is 6. The van der Waals surface area contributed by atoms with E-state index in [9.17, 15) is 14.9 Å². The molecule has 144 valence electrons. The van der Waals surface area contributed by atoms with Crippen molar-refractivity contribution >= 4 is 17.3 Å². The van der Waals surface area contributed by atoms with Crippen molar-refractivity contribution in [3.8, 4) is 11.5 Å². The van der Waals surface area contributed by atoms with Crippen LogP contribution in [-0.4, -0.2) is 17.4 Å². The van der Waals surface area contributed by atoms with Crippen LogP contribution >= 0.6 is 0 Å². The molecule has 1 aromatic heterocycles. The Morgan fingerprint density at radius 1 is 1.00 bits per heavy atom. The summed E-state index contributed by atoms with van der Waals surface area (Å²) >= 11 is 0. The van der Waals surface area contributed by atoms with Crippen LogP contribution < -0.4 is 14.8 Å². The summed E-state index contributed by atoms with van der Waals surface area (Å²) in [5.41, 5.74) is 0.379. The molecular formula is C20H18N2O6. The quantitative estimate of drug-likeness (QED) is 0.457. The first-order valence-corrected chi connectivity index (χ1v) is 8.55. The number of benzene rings is 2. The lowest BCUT2D eigenvalue weighted by Gasteiger charge is -2.06. The molecule has 0 aliphatic carbocycles. The molecule has 8 nitrogen and oxygen atoms in total. The van der Waals surface area contributed by atoms with Gasteiger partial charge in [-0.2, -0.15) is 0 Å². The predicted octanol–water partition coefficient (Wildman–Crippen LogP) is 4.42. The fourth-order valence-electron chi connectivity index (χ4n) is 2.39. The second kappa shape index (κ2) is 8.72. The molecule has 1 heterocycles. The maximum Gasteiger partial charge on any atom is 0.291 e. The summed E-state index contributed by atoms with van der Waals surface area (Å²) in [6, 6.07) is 15.9. The molecule has 28 heavy (non-hydrogen) atoms. The third kappa shape index (κ3) is 4.88. The van der Waals surface area contributed by atoms with E-state index < -0.39 is 10.8 Å². The summed E-state index contributed by atoms with van der Waals surface area (Å²) in [6.07, 6.45) is 0. The number of rotatable bonds is 8. The normalized spacial score (nSPS) is 10.3. The number of nitro benzene ring substituents is 1. The van der Waals surface area contributed by atoms with Gasteiger partial charge in [0.1, 0.15) is 23.9 Å². The molecule has 1 N–H and O–H groups in total. The molecule has 0 fully saturated rings. The van der Waals surface area contributed by atoms with Gasteiger partial charge in [-0.15, -0.1) is 0 Å². The minimum Gasteiger partial charge on any atom is -0.494 e. The Kier molecular flexibility index (Phi) is 5.91. The Balaban J connectivity index is 1.55. The monoisotopic (exact) mass is 382 g/mol. The predicted molar refractivity (Wildman–Crippen MR) is 102 cm³/mol. The van der Waals surface area contributed by atoms with Gasteiger partial charge in [0.2, 0.25) is 0 Å². The van der Waals surface area contributed by atoms with Crippen LogP contribution in [0.1, 0.15) is 23.2 Å². The molecule has 0 atom stereocenters. The number of amides is 1. The topological polar surface area (TPSA) is 104 Å². The van der Waals surface area contributed by atoms with Gasteiger partial charge < -0.3 is 19.2 Å². The van der Waals surface area contributed by atoms with E-state index in [1.54, 1.807) is 18.2 Å². The highest BCUT2D eigenvalue weighted by atomic mass is 16.6. The Morgan fingerprint density at radius 3 is 2.25 bits per heavy atom. The largest absolute Gasteiger partial charge is 0.494 e. The van der Waals surface area contributed by atoms with Crippen molar-refractivity contribution in [2.45, 2.75) is 13.5 Å². The van der Waals surface area contributed by atoms with Gasteiger partial charge in [-0.25, -0.2) is 0 Å². The van der Waals surface area contributed by atoms with Crippen LogP contribution in [0.25, 0.3) is 0 Å². The molecule has 2 aromatic carbocycles. The van der Waals surface area contributed by atoms with Crippen LogP contribution in [-0.2, 0) is 6.61 Å². The van der Waals surface area contributed by atoms with Crippen LogP contribution in [0.5, 0.6) is 11.5 Å². The zero-order valence-corrected chi connectivity index (χ0v) is 15.1. The summed E-state index contributed by atoms with van der Waals surface area (Å²) in [4.78, 5) is 22.4. The number of anilines is 1. The number of nitrogens with one attached hydrogen (secondary N) is 1. The van der Waals surface area contributed by atoms with Gasteiger partial charge in [-0.3, -0.25) is 14.9 Å². The number of nitro groups is 1. The molecule has 0 aliphatic rings. The molecule has 8 heteroatoms. The van der Waals surface area contributed by atoms with Crippen molar-refractivity contribution in [3.63, 3.8) is 0 Å². The van der Waals surface area contributed by atoms with Crippen LogP contribution in [0, 0.1) is 10.1 Å². The van der Waals surface area contributed by atoms with Crippen molar-refractivity contribution in [2.75, 3.05) is 11.9 Å². The highest BCUT2D eigenvalue weighted by Gasteiger charge is 2.13. The maximum atomic E-state index is 12.2.